The van der Waals surface area contributed by atoms with E-state index >= 15 is 0 Å². The third kappa shape index (κ3) is 2.99. The Hall–Kier alpha value is -1.06. The van der Waals surface area contributed by atoms with Crippen molar-refractivity contribution < 1.29 is 4.74 Å². The molecule has 110 valence electrons. The van der Waals surface area contributed by atoms with Crippen LogP contribution in [0.15, 0.2) is 18.2 Å². The number of nitrogens with one attached hydrogen (secondary N) is 1. The van der Waals surface area contributed by atoms with Gasteiger partial charge in [-0.3, -0.25) is 4.90 Å². The smallest absolute Gasteiger partial charge is 0.119 e. The molecule has 3 nitrogen and oxygen atoms in total. The lowest BCUT2D eigenvalue weighted by Crippen LogP contribution is -2.34. The van der Waals surface area contributed by atoms with E-state index in [2.05, 4.69) is 35.3 Å². The summed E-state index contributed by atoms with van der Waals surface area (Å²) in [7, 11) is 1.74. The molecule has 1 aromatic carbocycles. The number of nitrogens with zero attached hydrogens (tertiary/aromatic N) is 1. The number of benzene rings is 1. The number of hydrogen-bond acceptors (Lipinski definition) is 3. The molecule has 0 heterocycles. The summed E-state index contributed by atoms with van der Waals surface area (Å²) in [4.78, 5) is 2.61. The van der Waals surface area contributed by atoms with Gasteiger partial charge in [0.25, 0.3) is 0 Å². The number of ether oxygens (including phenoxy) is 1. The van der Waals surface area contributed by atoms with Crippen molar-refractivity contribution >= 4 is 0 Å². The van der Waals surface area contributed by atoms with E-state index < -0.39 is 0 Å². The first kappa shape index (κ1) is 13.9. The van der Waals surface area contributed by atoms with Gasteiger partial charge in [-0.2, -0.15) is 0 Å². The van der Waals surface area contributed by atoms with Gasteiger partial charge in [0.2, 0.25) is 0 Å². The molecular formula is C17H26N2O. The highest BCUT2D eigenvalue weighted by atomic mass is 16.5. The average molecular weight is 274 g/mol. The molecule has 1 atom stereocenters. The van der Waals surface area contributed by atoms with Gasteiger partial charge in [0.15, 0.2) is 0 Å². The molecule has 1 aromatic rings. The van der Waals surface area contributed by atoms with Crippen molar-refractivity contribution in [1.29, 1.82) is 0 Å². The SMILES string of the molecule is CCN(CCNC1CCc2ccc(OC)cc21)C1CC1. The second kappa shape index (κ2) is 6.15. The summed E-state index contributed by atoms with van der Waals surface area (Å²) in [5.41, 5.74) is 2.93. The Morgan fingerprint density at radius 2 is 2.15 bits per heavy atom. The van der Waals surface area contributed by atoms with Crippen LogP contribution >= 0.6 is 0 Å². The van der Waals surface area contributed by atoms with Crippen molar-refractivity contribution in [3.63, 3.8) is 0 Å². The number of fused-ring (bicyclic) bond motifs is 1. The lowest BCUT2D eigenvalue weighted by molar-refractivity contribution is 0.272. The molecule has 0 amide bonds. The predicted molar refractivity (Wildman–Crippen MR) is 82.3 cm³/mol. The minimum Gasteiger partial charge on any atom is -0.497 e. The fourth-order valence-corrected chi connectivity index (χ4v) is 3.34. The molecule has 1 unspecified atom stereocenters. The highest BCUT2D eigenvalue weighted by Gasteiger charge is 2.28. The number of rotatable bonds is 7. The van der Waals surface area contributed by atoms with Crippen molar-refractivity contribution in [1.82, 2.24) is 10.2 Å². The van der Waals surface area contributed by atoms with Gasteiger partial charge in [-0.05, 0) is 55.5 Å². The molecule has 0 aromatic heterocycles. The molecule has 1 saturated carbocycles. The summed E-state index contributed by atoms with van der Waals surface area (Å²) in [5.74, 6) is 0.977. The van der Waals surface area contributed by atoms with Crippen molar-refractivity contribution in [3.8, 4) is 5.75 Å². The number of hydrogen-bond donors (Lipinski definition) is 1. The van der Waals surface area contributed by atoms with Gasteiger partial charge in [0.1, 0.15) is 5.75 Å². The molecule has 0 aliphatic heterocycles. The Bertz CT molecular complexity index is 456. The normalized spacial score (nSPS) is 21.2. The summed E-state index contributed by atoms with van der Waals surface area (Å²) < 4.78 is 5.35. The minimum absolute atomic E-state index is 0.512. The molecule has 0 saturated heterocycles. The molecule has 0 radical (unpaired) electrons. The monoisotopic (exact) mass is 274 g/mol. The maximum absolute atomic E-state index is 5.35. The lowest BCUT2D eigenvalue weighted by atomic mass is 10.1. The van der Waals surface area contributed by atoms with Gasteiger partial charge < -0.3 is 10.1 Å². The molecule has 3 heteroatoms. The van der Waals surface area contributed by atoms with Gasteiger partial charge in [-0.1, -0.05) is 13.0 Å². The highest BCUT2D eigenvalue weighted by molar-refractivity contribution is 5.40. The van der Waals surface area contributed by atoms with Crippen LogP contribution in [0.5, 0.6) is 5.75 Å². The summed E-state index contributed by atoms with van der Waals surface area (Å²) in [6, 6.07) is 7.89. The molecule has 1 fully saturated rings. The zero-order valence-corrected chi connectivity index (χ0v) is 12.7. The quantitative estimate of drug-likeness (QED) is 0.827. The summed E-state index contributed by atoms with van der Waals surface area (Å²) >= 11 is 0. The molecule has 2 aliphatic carbocycles. The Balaban J connectivity index is 1.54. The van der Waals surface area contributed by atoms with Gasteiger partial charge in [0, 0.05) is 25.2 Å². The fourth-order valence-electron chi connectivity index (χ4n) is 3.34. The lowest BCUT2D eigenvalue weighted by Gasteiger charge is -2.22. The topological polar surface area (TPSA) is 24.5 Å². The van der Waals surface area contributed by atoms with E-state index in [0.29, 0.717) is 6.04 Å². The van der Waals surface area contributed by atoms with Crippen molar-refractivity contribution in [2.75, 3.05) is 26.7 Å². The highest BCUT2D eigenvalue weighted by Crippen LogP contribution is 2.33. The van der Waals surface area contributed by atoms with E-state index in [9.17, 15) is 0 Å². The first-order valence-corrected chi connectivity index (χ1v) is 7.96. The van der Waals surface area contributed by atoms with Gasteiger partial charge in [-0.25, -0.2) is 0 Å². The largest absolute Gasteiger partial charge is 0.497 e. The fraction of sp³-hybridized carbons (Fsp3) is 0.647. The summed E-state index contributed by atoms with van der Waals surface area (Å²) in [6.45, 7) is 5.72. The van der Waals surface area contributed by atoms with Crippen LogP contribution in [-0.4, -0.2) is 37.7 Å². The van der Waals surface area contributed by atoms with Crippen molar-refractivity contribution in [2.24, 2.45) is 0 Å². The minimum atomic E-state index is 0.512. The standard InChI is InChI=1S/C17H26N2O/c1-3-19(14-6-7-14)11-10-18-17-9-5-13-4-8-15(20-2)12-16(13)17/h4,8,12,14,17-18H,3,5-7,9-11H2,1-2H3. The summed E-state index contributed by atoms with van der Waals surface area (Å²) in [5, 5.41) is 3.74. The molecule has 3 rings (SSSR count). The first-order chi connectivity index (χ1) is 9.81. The van der Waals surface area contributed by atoms with Crippen LogP contribution in [0.25, 0.3) is 0 Å². The molecule has 20 heavy (non-hydrogen) atoms. The van der Waals surface area contributed by atoms with E-state index in [0.717, 1.165) is 18.3 Å². The average Bonchev–Trinajstić information content (AvgIpc) is 3.25. The number of methoxy groups -OCH3 is 1. The van der Waals surface area contributed by atoms with Crippen LogP contribution < -0.4 is 10.1 Å². The molecule has 0 bridgehead atoms. The Labute approximate surface area is 122 Å². The van der Waals surface area contributed by atoms with Crippen LogP contribution in [0.4, 0.5) is 0 Å². The Morgan fingerprint density at radius 1 is 1.30 bits per heavy atom. The summed E-state index contributed by atoms with van der Waals surface area (Å²) in [6.07, 6.45) is 5.21. The van der Waals surface area contributed by atoms with E-state index in [-0.39, 0.29) is 0 Å². The number of likely N-dealkylation sites (N-methyl/N-ethyl adjacent to an activating group) is 1. The first-order valence-electron chi connectivity index (χ1n) is 7.96. The van der Waals surface area contributed by atoms with Gasteiger partial charge in [0.05, 0.1) is 7.11 Å². The molecule has 2 aliphatic rings. The Kier molecular flexibility index (Phi) is 4.27. The zero-order chi connectivity index (χ0) is 13.9. The second-order valence-electron chi connectivity index (χ2n) is 5.97. The van der Waals surface area contributed by atoms with Crippen LogP contribution in [0, 0.1) is 0 Å². The molecular weight excluding hydrogens is 248 g/mol. The predicted octanol–water partition coefficient (Wildman–Crippen LogP) is 2.76. The van der Waals surface area contributed by atoms with Gasteiger partial charge in [-0.15, -0.1) is 0 Å². The van der Waals surface area contributed by atoms with Crippen molar-refractivity contribution in [3.05, 3.63) is 29.3 Å². The third-order valence-corrected chi connectivity index (χ3v) is 4.69. The van der Waals surface area contributed by atoms with Crippen LogP contribution in [-0.2, 0) is 6.42 Å². The number of aryl methyl sites for hydroxylation is 1. The van der Waals surface area contributed by atoms with E-state index in [4.69, 9.17) is 4.74 Å². The van der Waals surface area contributed by atoms with E-state index in [1.54, 1.807) is 7.11 Å². The molecule has 0 spiro atoms. The zero-order valence-electron chi connectivity index (χ0n) is 12.7. The maximum Gasteiger partial charge on any atom is 0.119 e. The second-order valence-corrected chi connectivity index (χ2v) is 5.97. The van der Waals surface area contributed by atoms with E-state index in [1.165, 1.54) is 49.9 Å². The maximum atomic E-state index is 5.35. The van der Waals surface area contributed by atoms with E-state index in [1.807, 2.05) is 0 Å². The van der Waals surface area contributed by atoms with Crippen molar-refractivity contribution in [2.45, 2.75) is 44.7 Å². The Morgan fingerprint density at radius 3 is 2.85 bits per heavy atom. The van der Waals surface area contributed by atoms with Crippen LogP contribution in [0.3, 0.4) is 0 Å². The third-order valence-electron chi connectivity index (χ3n) is 4.69. The van der Waals surface area contributed by atoms with Crippen LogP contribution in [0.1, 0.15) is 43.4 Å². The molecule has 1 N–H and O–H groups in total. The van der Waals surface area contributed by atoms with Crippen LogP contribution in [0.2, 0.25) is 0 Å². The van der Waals surface area contributed by atoms with Gasteiger partial charge >= 0.3 is 0 Å².